The molecule has 0 saturated heterocycles. The van der Waals surface area contributed by atoms with E-state index in [1.807, 2.05) is 55.1 Å². The summed E-state index contributed by atoms with van der Waals surface area (Å²) in [6, 6.07) is 17.5. The Bertz CT molecular complexity index is 1150. The molecular formula is C28H34N2O3S. The second kappa shape index (κ2) is 10.3. The van der Waals surface area contributed by atoms with Crippen LogP contribution < -0.4 is 0 Å². The van der Waals surface area contributed by atoms with Crippen molar-refractivity contribution in [1.29, 1.82) is 5.26 Å². The lowest BCUT2D eigenvalue weighted by Gasteiger charge is -2.38. The lowest BCUT2D eigenvalue weighted by Crippen LogP contribution is -2.47. The van der Waals surface area contributed by atoms with Gasteiger partial charge in [0, 0.05) is 18.5 Å². The Morgan fingerprint density at radius 1 is 0.941 bits per heavy atom. The third-order valence-corrected chi connectivity index (χ3v) is 9.83. The van der Waals surface area contributed by atoms with Gasteiger partial charge in [-0.2, -0.15) is 5.26 Å². The average molecular weight is 479 g/mol. The van der Waals surface area contributed by atoms with E-state index >= 15 is 0 Å². The van der Waals surface area contributed by atoms with Crippen molar-refractivity contribution >= 4 is 15.7 Å². The zero-order chi connectivity index (χ0) is 24.3. The van der Waals surface area contributed by atoms with Gasteiger partial charge < -0.3 is 4.90 Å². The van der Waals surface area contributed by atoms with Gasteiger partial charge in [-0.3, -0.25) is 4.79 Å². The van der Waals surface area contributed by atoms with E-state index in [2.05, 4.69) is 6.07 Å². The van der Waals surface area contributed by atoms with E-state index in [0.717, 1.165) is 42.4 Å². The van der Waals surface area contributed by atoms with Crippen LogP contribution in [0.25, 0.3) is 0 Å². The summed E-state index contributed by atoms with van der Waals surface area (Å²) in [4.78, 5) is 16.2. The minimum atomic E-state index is -3.61. The lowest BCUT2D eigenvalue weighted by molar-refractivity contribution is -0.139. The molecule has 0 radical (unpaired) electrons. The number of amides is 1. The molecule has 2 saturated carbocycles. The van der Waals surface area contributed by atoms with Crippen LogP contribution in [0.2, 0.25) is 0 Å². The summed E-state index contributed by atoms with van der Waals surface area (Å²) < 4.78 is 27.1. The molecule has 6 heteroatoms. The molecule has 34 heavy (non-hydrogen) atoms. The molecule has 0 spiro atoms. The van der Waals surface area contributed by atoms with E-state index in [1.165, 1.54) is 0 Å². The third kappa shape index (κ3) is 5.20. The van der Waals surface area contributed by atoms with Gasteiger partial charge >= 0.3 is 0 Å². The number of carbonyl (C=O) groups is 1. The van der Waals surface area contributed by atoms with Gasteiger partial charge in [-0.25, -0.2) is 8.42 Å². The first-order valence-corrected chi connectivity index (χ1v) is 13.9. The van der Waals surface area contributed by atoms with Crippen LogP contribution >= 0.6 is 0 Å². The Balaban J connectivity index is 1.63. The molecule has 0 aromatic heterocycles. The molecule has 4 atom stereocenters. The van der Waals surface area contributed by atoms with Gasteiger partial charge in [-0.05, 0) is 63.6 Å². The Kier molecular flexibility index (Phi) is 7.42. The normalized spacial score (nSPS) is 25.0. The second-order valence-electron chi connectivity index (χ2n) is 10.0. The van der Waals surface area contributed by atoms with Gasteiger partial charge in [0.25, 0.3) is 0 Å². The molecule has 2 aromatic rings. The predicted molar refractivity (Wildman–Crippen MR) is 133 cm³/mol. The van der Waals surface area contributed by atoms with Crippen molar-refractivity contribution < 1.29 is 13.2 Å². The number of benzene rings is 2. The van der Waals surface area contributed by atoms with Crippen LogP contribution in [0.5, 0.6) is 0 Å². The molecule has 0 unspecified atom stereocenters. The minimum Gasteiger partial charge on any atom is -0.335 e. The Morgan fingerprint density at radius 2 is 1.56 bits per heavy atom. The lowest BCUT2D eigenvalue weighted by atomic mass is 9.85. The van der Waals surface area contributed by atoms with Crippen LogP contribution in [0.4, 0.5) is 0 Å². The summed E-state index contributed by atoms with van der Waals surface area (Å²) in [7, 11) is -3.61. The number of rotatable bonds is 6. The van der Waals surface area contributed by atoms with Crippen LogP contribution in [-0.4, -0.2) is 30.5 Å². The largest absolute Gasteiger partial charge is 0.335 e. The van der Waals surface area contributed by atoms with Crippen molar-refractivity contribution in [1.82, 2.24) is 4.90 Å². The standard InChI is InChI=1S/C28H34N2O3S/c1-20-9-13-22(14-10-20)19-30(24-6-3-5-23(17-24)18-29)28(31)26-7-4-8-27(26)34(32,33)25-15-11-21(2)12-16-25/h9-16,23-24,26-27H,3-8,17,19H2,1-2H3/t23-,24-,26-,27-/m1/s1. The van der Waals surface area contributed by atoms with Gasteiger partial charge in [0.1, 0.15) is 0 Å². The summed E-state index contributed by atoms with van der Waals surface area (Å²) in [6.07, 6.45) is 5.14. The van der Waals surface area contributed by atoms with Gasteiger partial charge in [0.05, 0.1) is 22.1 Å². The molecule has 0 aliphatic heterocycles. The topological polar surface area (TPSA) is 78.2 Å². The first kappa shape index (κ1) is 24.5. The number of hydrogen-bond donors (Lipinski definition) is 0. The first-order chi connectivity index (χ1) is 16.3. The molecule has 2 fully saturated rings. The molecule has 2 aliphatic carbocycles. The van der Waals surface area contributed by atoms with E-state index < -0.39 is 21.0 Å². The number of carbonyl (C=O) groups excluding carboxylic acids is 1. The quantitative estimate of drug-likeness (QED) is 0.560. The van der Waals surface area contributed by atoms with Gasteiger partial charge in [-0.1, -0.05) is 60.4 Å². The average Bonchev–Trinajstić information content (AvgIpc) is 3.35. The predicted octanol–water partition coefficient (Wildman–Crippen LogP) is 5.36. The maximum absolute atomic E-state index is 14.0. The smallest absolute Gasteiger partial charge is 0.227 e. The van der Waals surface area contributed by atoms with Crippen molar-refractivity contribution in [3.63, 3.8) is 0 Å². The second-order valence-corrected chi connectivity index (χ2v) is 12.2. The molecule has 2 aromatic carbocycles. The number of nitriles is 1. The van der Waals surface area contributed by atoms with Gasteiger partial charge in [0.2, 0.25) is 5.91 Å². The molecule has 180 valence electrons. The van der Waals surface area contributed by atoms with Crippen molar-refractivity contribution in [2.24, 2.45) is 11.8 Å². The summed E-state index contributed by atoms with van der Waals surface area (Å²) in [5, 5.41) is 8.83. The fraction of sp³-hybridized carbons (Fsp3) is 0.500. The van der Waals surface area contributed by atoms with Crippen molar-refractivity contribution in [3.8, 4) is 6.07 Å². The minimum absolute atomic E-state index is 0.0319. The molecule has 1 amide bonds. The summed E-state index contributed by atoms with van der Waals surface area (Å²) >= 11 is 0. The Labute approximate surface area is 203 Å². The summed E-state index contributed by atoms with van der Waals surface area (Å²) in [5.41, 5.74) is 3.20. The number of hydrogen-bond acceptors (Lipinski definition) is 4. The summed E-state index contributed by atoms with van der Waals surface area (Å²) in [5.74, 6) is -0.663. The van der Waals surface area contributed by atoms with E-state index in [-0.39, 0.29) is 17.9 Å². The van der Waals surface area contributed by atoms with Gasteiger partial charge in [-0.15, -0.1) is 0 Å². The number of aryl methyl sites for hydroxylation is 2. The highest BCUT2D eigenvalue weighted by molar-refractivity contribution is 7.92. The maximum atomic E-state index is 14.0. The zero-order valence-electron chi connectivity index (χ0n) is 20.1. The first-order valence-electron chi connectivity index (χ1n) is 12.4. The fourth-order valence-electron chi connectivity index (χ4n) is 5.54. The molecule has 0 N–H and O–H groups in total. The number of nitrogens with zero attached hydrogens (tertiary/aromatic N) is 2. The van der Waals surface area contributed by atoms with Crippen LogP contribution in [0.1, 0.15) is 61.6 Å². The fourth-order valence-corrected chi connectivity index (χ4v) is 7.56. The molecular weight excluding hydrogens is 444 g/mol. The molecule has 5 nitrogen and oxygen atoms in total. The van der Waals surface area contributed by atoms with Crippen LogP contribution in [0, 0.1) is 37.0 Å². The van der Waals surface area contributed by atoms with Crippen molar-refractivity contribution in [2.45, 2.75) is 81.5 Å². The Hall–Kier alpha value is -2.65. The van der Waals surface area contributed by atoms with Crippen LogP contribution in [-0.2, 0) is 21.2 Å². The van der Waals surface area contributed by atoms with E-state index in [1.54, 1.807) is 12.1 Å². The molecule has 2 aliphatic rings. The van der Waals surface area contributed by atoms with Crippen LogP contribution in [0.15, 0.2) is 53.4 Å². The molecule has 4 rings (SSSR count). The van der Waals surface area contributed by atoms with E-state index in [4.69, 9.17) is 0 Å². The van der Waals surface area contributed by atoms with Crippen molar-refractivity contribution in [3.05, 3.63) is 65.2 Å². The zero-order valence-corrected chi connectivity index (χ0v) is 20.9. The molecule has 0 heterocycles. The van der Waals surface area contributed by atoms with E-state index in [0.29, 0.717) is 30.7 Å². The Morgan fingerprint density at radius 3 is 2.21 bits per heavy atom. The monoisotopic (exact) mass is 478 g/mol. The molecule has 0 bridgehead atoms. The van der Waals surface area contributed by atoms with Gasteiger partial charge in [0.15, 0.2) is 9.84 Å². The van der Waals surface area contributed by atoms with E-state index in [9.17, 15) is 18.5 Å². The highest BCUT2D eigenvalue weighted by Crippen LogP contribution is 2.38. The maximum Gasteiger partial charge on any atom is 0.227 e. The third-order valence-electron chi connectivity index (χ3n) is 7.54. The highest BCUT2D eigenvalue weighted by atomic mass is 32.2. The highest BCUT2D eigenvalue weighted by Gasteiger charge is 2.45. The van der Waals surface area contributed by atoms with Crippen LogP contribution in [0.3, 0.4) is 0 Å². The number of sulfone groups is 1. The SMILES string of the molecule is Cc1ccc(CN(C(=O)[C@@H]2CCC[C@H]2S(=O)(=O)c2ccc(C)cc2)[C@@H]2CCC[C@@H](C#N)C2)cc1. The summed E-state index contributed by atoms with van der Waals surface area (Å²) in [6.45, 7) is 4.42. The van der Waals surface area contributed by atoms with Crippen molar-refractivity contribution in [2.75, 3.05) is 0 Å².